The van der Waals surface area contributed by atoms with Gasteiger partial charge in [-0.3, -0.25) is 4.79 Å². The Balaban J connectivity index is 2.40. The average molecular weight is 376 g/mol. The van der Waals surface area contributed by atoms with E-state index in [0.717, 1.165) is 12.1 Å². The summed E-state index contributed by atoms with van der Waals surface area (Å²) in [6, 6.07) is 8.83. The summed E-state index contributed by atoms with van der Waals surface area (Å²) >= 11 is 2.92. The van der Waals surface area contributed by atoms with E-state index >= 15 is 0 Å². The molecule has 0 spiro atoms. The Morgan fingerprint density at radius 3 is 2.43 bits per heavy atom. The number of benzene rings is 2. The summed E-state index contributed by atoms with van der Waals surface area (Å²) in [5.41, 5.74) is -0.262. The highest BCUT2D eigenvalue weighted by atomic mass is 79.9. The molecule has 2 aromatic rings. The van der Waals surface area contributed by atoms with E-state index in [1.165, 1.54) is 30.3 Å². The van der Waals surface area contributed by atoms with Gasteiger partial charge >= 0.3 is 10.2 Å². The van der Waals surface area contributed by atoms with Crippen LogP contribution in [0, 0.1) is 5.82 Å². The standard InChI is InChI=1S/C13H8BrF2NO3S/c14-12-8(4-3-5-9(12)15)13(18)17-10-6-1-2-7-11(10)21(16,19)20/h1-7H,(H,17,18). The van der Waals surface area contributed by atoms with Gasteiger partial charge in [-0.25, -0.2) is 4.39 Å². The molecule has 2 aromatic carbocycles. The number of rotatable bonds is 3. The van der Waals surface area contributed by atoms with Crippen LogP contribution in [0.1, 0.15) is 10.4 Å². The van der Waals surface area contributed by atoms with Crippen LogP contribution in [0.15, 0.2) is 51.8 Å². The van der Waals surface area contributed by atoms with Crippen LogP contribution in [0.3, 0.4) is 0 Å². The van der Waals surface area contributed by atoms with Gasteiger partial charge in [-0.15, -0.1) is 3.89 Å². The number of halogens is 3. The molecular weight excluding hydrogens is 368 g/mol. The van der Waals surface area contributed by atoms with Crippen molar-refractivity contribution in [3.05, 3.63) is 58.3 Å². The van der Waals surface area contributed by atoms with Gasteiger partial charge in [-0.05, 0) is 40.2 Å². The first-order valence-corrected chi connectivity index (χ1v) is 7.77. The van der Waals surface area contributed by atoms with Crippen molar-refractivity contribution in [2.45, 2.75) is 4.90 Å². The normalized spacial score (nSPS) is 11.2. The molecule has 0 heterocycles. The molecular formula is C13H8BrF2NO3S. The fraction of sp³-hybridized carbons (Fsp3) is 0. The molecule has 0 unspecified atom stereocenters. The molecule has 1 amide bonds. The Morgan fingerprint density at radius 1 is 1.10 bits per heavy atom. The second-order valence-electron chi connectivity index (χ2n) is 3.99. The molecule has 0 saturated heterocycles. The molecule has 0 aliphatic heterocycles. The molecule has 1 N–H and O–H groups in total. The molecule has 0 atom stereocenters. The minimum atomic E-state index is -4.98. The maximum absolute atomic E-state index is 13.4. The average Bonchev–Trinajstić information content (AvgIpc) is 2.41. The first kappa shape index (κ1) is 15.6. The van der Waals surface area contributed by atoms with E-state index in [0.29, 0.717) is 0 Å². The van der Waals surface area contributed by atoms with Gasteiger partial charge in [0.2, 0.25) is 0 Å². The van der Waals surface area contributed by atoms with E-state index in [2.05, 4.69) is 21.2 Å². The van der Waals surface area contributed by atoms with E-state index in [4.69, 9.17) is 0 Å². The quantitative estimate of drug-likeness (QED) is 0.835. The largest absolute Gasteiger partial charge is 0.334 e. The lowest BCUT2D eigenvalue weighted by Crippen LogP contribution is -2.15. The van der Waals surface area contributed by atoms with E-state index < -0.39 is 26.8 Å². The van der Waals surface area contributed by atoms with Crippen LogP contribution in [0.25, 0.3) is 0 Å². The molecule has 8 heteroatoms. The minimum absolute atomic E-state index is 0.0407. The highest BCUT2D eigenvalue weighted by Gasteiger charge is 2.20. The Hall–Kier alpha value is -1.80. The van der Waals surface area contributed by atoms with Gasteiger partial charge in [-0.1, -0.05) is 18.2 Å². The van der Waals surface area contributed by atoms with Crippen LogP contribution in [0.2, 0.25) is 0 Å². The van der Waals surface area contributed by atoms with Crippen LogP contribution in [-0.4, -0.2) is 14.3 Å². The third-order valence-electron chi connectivity index (χ3n) is 2.59. The van der Waals surface area contributed by atoms with Gasteiger partial charge in [0.1, 0.15) is 10.7 Å². The summed E-state index contributed by atoms with van der Waals surface area (Å²) < 4.78 is 48.4. The van der Waals surface area contributed by atoms with Crippen LogP contribution in [0.5, 0.6) is 0 Å². The molecule has 0 fully saturated rings. The smallest absolute Gasteiger partial charge is 0.321 e. The third-order valence-corrected chi connectivity index (χ3v) is 4.28. The number of hydrogen-bond donors (Lipinski definition) is 1. The number of carbonyl (C=O) groups is 1. The number of nitrogens with one attached hydrogen (secondary N) is 1. The monoisotopic (exact) mass is 375 g/mol. The molecule has 110 valence electrons. The molecule has 0 aliphatic carbocycles. The summed E-state index contributed by atoms with van der Waals surface area (Å²) in [5.74, 6) is -1.41. The number of para-hydroxylation sites is 1. The Morgan fingerprint density at radius 2 is 1.76 bits per heavy atom. The van der Waals surface area contributed by atoms with Crippen molar-refractivity contribution in [3.63, 3.8) is 0 Å². The topological polar surface area (TPSA) is 63.2 Å². The second-order valence-corrected chi connectivity index (χ2v) is 6.10. The number of carbonyl (C=O) groups excluding carboxylic acids is 1. The Bertz CT molecular complexity index is 809. The zero-order chi connectivity index (χ0) is 15.6. The van der Waals surface area contributed by atoms with Crippen molar-refractivity contribution in [1.82, 2.24) is 0 Å². The highest BCUT2D eigenvalue weighted by Crippen LogP contribution is 2.25. The van der Waals surface area contributed by atoms with E-state index in [1.807, 2.05) is 0 Å². The van der Waals surface area contributed by atoms with Gasteiger partial charge in [0.25, 0.3) is 5.91 Å². The molecule has 0 bridgehead atoms. The van der Waals surface area contributed by atoms with Gasteiger partial charge in [-0.2, -0.15) is 8.42 Å². The predicted molar refractivity (Wildman–Crippen MR) is 76.8 cm³/mol. The summed E-state index contributed by atoms with van der Waals surface area (Å²) in [6.07, 6.45) is 0. The lowest BCUT2D eigenvalue weighted by Gasteiger charge is -2.09. The second kappa shape index (κ2) is 5.90. The van der Waals surface area contributed by atoms with Crippen molar-refractivity contribution >= 4 is 37.7 Å². The van der Waals surface area contributed by atoms with Gasteiger partial charge in [0, 0.05) is 0 Å². The molecule has 21 heavy (non-hydrogen) atoms. The van der Waals surface area contributed by atoms with E-state index in [9.17, 15) is 21.5 Å². The maximum Gasteiger partial charge on any atom is 0.334 e. The van der Waals surface area contributed by atoms with Crippen molar-refractivity contribution in [2.24, 2.45) is 0 Å². The molecule has 2 rings (SSSR count). The zero-order valence-electron chi connectivity index (χ0n) is 10.3. The van der Waals surface area contributed by atoms with Crippen molar-refractivity contribution in [3.8, 4) is 0 Å². The summed E-state index contributed by atoms with van der Waals surface area (Å²) in [7, 11) is -4.98. The predicted octanol–water partition coefficient (Wildman–Crippen LogP) is 3.50. The SMILES string of the molecule is O=C(Nc1ccccc1S(=O)(=O)F)c1cccc(F)c1Br. The fourth-order valence-corrected chi connectivity index (χ4v) is 2.72. The molecule has 0 radical (unpaired) electrons. The van der Waals surface area contributed by atoms with Gasteiger partial charge in [0.15, 0.2) is 0 Å². The van der Waals surface area contributed by atoms with Crippen molar-refractivity contribution in [2.75, 3.05) is 5.32 Å². The van der Waals surface area contributed by atoms with Crippen LogP contribution >= 0.6 is 15.9 Å². The van der Waals surface area contributed by atoms with E-state index in [1.54, 1.807) is 0 Å². The molecule has 4 nitrogen and oxygen atoms in total. The van der Waals surface area contributed by atoms with Gasteiger partial charge < -0.3 is 5.32 Å². The van der Waals surface area contributed by atoms with Crippen LogP contribution < -0.4 is 5.32 Å². The van der Waals surface area contributed by atoms with Crippen molar-refractivity contribution < 1.29 is 21.5 Å². The van der Waals surface area contributed by atoms with Crippen molar-refractivity contribution in [1.29, 1.82) is 0 Å². The molecule has 0 aromatic heterocycles. The van der Waals surface area contributed by atoms with Crippen LogP contribution in [0.4, 0.5) is 14.0 Å². The lowest BCUT2D eigenvalue weighted by molar-refractivity contribution is 0.102. The minimum Gasteiger partial charge on any atom is -0.321 e. The number of hydrogen-bond acceptors (Lipinski definition) is 3. The summed E-state index contributed by atoms with van der Waals surface area (Å²) in [4.78, 5) is 11.4. The third kappa shape index (κ3) is 3.45. The highest BCUT2D eigenvalue weighted by molar-refractivity contribution is 9.10. The Labute approximate surface area is 128 Å². The fourth-order valence-electron chi connectivity index (χ4n) is 1.65. The summed E-state index contributed by atoms with van der Waals surface area (Å²) in [5, 5.41) is 2.25. The van der Waals surface area contributed by atoms with E-state index in [-0.39, 0.29) is 15.7 Å². The zero-order valence-corrected chi connectivity index (χ0v) is 12.7. The first-order chi connectivity index (χ1) is 9.80. The number of anilines is 1. The first-order valence-electron chi connectivity index (χ1n) is 5.60. The van der Waals surface area contributed by atoms with Gasteiger partial charge in [0.05, 0.1) is 15.7 Å². The lowest BCUT2D eigenvalue weighted by atomic mass is 10.2. The Kier molecular flexibility index (Phi) is 4.38. The number of amides is 1. The summed E-state index contributed by atoms with van der Waals surface area (Å²) in [6.45, 7) is 0. The van der Waals surface area contributed by atoms with Crippen LogP contribution in [-0.2, 0) is 10.2 Å². The molecule has 0 aliphatic rings. The molecule has 0 saturated carbocycles. The maximum atomic E-state index is 13.4.